The number of hydrogen-bond acceptors (Lipinski definition) is 5. The highest BCUT2D eigenvalue weighted by Crippen LogP contribution is 2.26. The predicted molar refractivity (Wildman–Crippen MR) is 123 cm³/mol. The van der Waals surface area contributed by atoms with Crippen LogP contribution in [-0.2, 0) is 11.3 Å². The van der Waals surface area contributed by atoms with Gasteiger partial charge in [0.25, 0.3) is 0 Å². The van der Waals surface area contributed by atoms with Crippen LogP contribution in [0.15, 0.2) is 59.8 Å². The Morgan fingerprint density at radius 3 is 2.47 bits per heavy atom. The van der Waals surface area contributed by atoms with E-state index in [0.29, 0.717) is 11.6 Å². The van der Waals surface area contributed by atoms with E-state index in [2.05, 4.69) is 44.0 Å². The van der Waals surface area contributed by atoms with E-state index in [1.54, 1.807) is 24.3 Å². The molecule has 0 aliphatic heterocycles. The fourth-order valence-corrected chi connectivity index (χ4v) is 4.08. The summed E-state index contributed by atoms with van der Waals surface area (Å²) in [5, 5.41) is 13.1. The molecule has 0 fully saturated rings. The second-order valence-electron chi connectivity index (χ2n) is 7.14. The maximum absolute atomic E-state index is 12.4. The van der Waals surface area contributed by atoms with E-state index >= 15 is 0 Å². The van der Waals surface area contributed by atoms with Gasteiger partial charge in [0.1, 0.15) is 0 Å². The number of carbonyl (C=O) groups is 1. The molecule has 1 aromatic heterocycles. The number of thioether (sulfide) groups is 1. The van der Waals surface area contributed by atoms with E-state index < -0.39 is 0 Å². The van der Waals surface area contributed by atoms with Gasteiger partial charge < -0.3 is 9.88 Å². The van der Waals surface area contributed by atoms with Crippen molar-refractivity contribution in [3.63, 3.8) is 0 Å². The van der Waals surface area contributed by atoms with Crippen molar-refractivity contribution in [2.75, 3.05) is 25.2 Å². The van der Waals surface area contributed by atoms with Crippen molar-refractivity contribution in [1.29, 1.82) is 0 Å². The Balaban J connectivity index is 1.76. The van der Waals surface area contributed by atoms with Crippen LogP contribution in [0.3, 0.4) is 0 Å². The summed E-state index contributed by atoms with van der Waals surface area (Å²) in [6.45, 7) is 2.80. The molecule has 1 amide bonds. The van der Waals surface area contributed by atoms with Crippen molar-refractivity contribution in [2.24, 2.45) is 0 Å². The zero-order valence-electron chi connectivity index (χ0n) is 17.4. The summed E-state index contributed by atoms with van der Waals surface area (Å²) in [4.78, 5) is 14.6. The lowest BCUT2D eigenvalue weighted by Crippen LogP contribution is -2.23. The molecule has 1 atom stereocenters. The highest BCUT2D eigenvalue weighted by molar-refractivity contribution is 7.99. The number of anilines is 1. The van der Waals surface area contributed by atoms with E-state index in [1.807, 2.05) is 32.3 Å². The molecule has 0 bridgehead atoms. The molecule has 0 spiro atoms. The van der Waals surface area contributed by atoms with E-state index in [4.69, 9.17) is 11.6 Å². The first kappa shape index (κ1) is 22.3. The Bertz CT molecular complexity index is 959. The summed E-state index contributed by atoms with van der Waals surface area (Å²) < 4.78 is 2.11. The van der Waals surface area contributed by atoms with Crippen molar-refractivity contribution in [3.05, 3.63) is 71.0 Å². The lowest BCUT2D eigenvalue weighted by molar-refractivity contribution is -0.113. The predicted octanol–water partition coefficient (Wildman–Crippen LogP) is 4.72. The summed E-state index contributed by atoms with van der Waals surface area (Å²) >= 11 is 7.29. The molecule has 30 heavy (non-hydrogen) atoms. The Hall–Kier alpha value is -2.35. The molecule has 0 aliphatic rings. The number of nitrogens with one attached hydrogen (secondary N) is 1. The first-order chi connectivity index (χ1) is 14.5. The maximum atomic E-state index is 12.4. The molecule has 0 radical (unpaired) electrons. The third-order valence-electron chi connectivity index (χ3n) is 4.70. The standard InChI is InChI=1S/C22H26ClN5OS/c1-4-19(27(2)3)21-25-26-22(28(21)14-16-8-6-5-7-9-16)30-15-20(29)24-18-12-10-17(23)11-13-18/h5-13,19H,4,14-15H2,1-3H3,(H,24,29)/t19-/m1/s1. The molecule has 8 heteroatoms. The Labute approximate surface area is 186 Å². The van der Waals surface area contributed by atoms with E-state index in [0.717, 1.165) is 23.1 Å². The van der Waals surface area contributed by atoms with Crippen LogP contribution in [0.1, 0.15) is 30.8 Å². The second-order valence-corrected chi connectivity index (χ2v) is 8.52. The molecule has 158 valence electrons. The molecule has 1 heterocycles. The molecule has 2 aromatic carbocycles. The number of nitrogens with zero attached hydrogens (tertiary/aromatic N) is 4. The van der Waals surface area contributed by atoms with Crippen molar-refractivity contribution < 1.29 is 4.79 Å². The van der Waals surface area contributed by atoms with Gasteiger partial charge in [-0.25, -0.2) is 0 Å². The van der Waals surface area contributed by atoms with Gasteiger partial charge in [0.2, 0.25) is 5.91 Å². The largest absolute Gasteiger partial charge is 0.325 e. The average molecular weight is 444 g/mol. The Morgan fingerprint density at radius 2 is 1.83 bits per heavy atom. The summed E-state index contributed by atoms with van der Waals surface area (Å²) in [7, 11) is 4.09. The second kappa shape index (κ2) is 10.6. The summed E-state index contributed by atoms with van der Waals surface area (Å²) in [5.41, 5.74) is 1.88. The van der Waals surface area contributed by atoms with Crippen molar-refractivity contribution in [2.45, 2.75) is 31.1 Å². The third-order valence-corrected chi connectivity index (χ3v) is 5.92. The van der Waals surface area contributed by atoms with Gasteiger partial charge in [0.15, 0.2) is 11.0 Å². The lowest BCUT2D eigenvalue weighted by Gasteiger charge is -2.23. The molecule has 0 unspecified atom stereocenters. The van der Waals surface area contributed by atoms with Crippen molar-refractivity contribution in [3.8, 4) is 0 Å². The van der Waals surface area contributed by atoms with Gasteiger partial charge in [0, 0.05) is 10.7 Å². The van der Waals surface area contributed by atoms with Crippen LogP contribution >= 0.6 is 23.4 Å². The number of hydrogen-bond donors (Lipinski definition) is 1. The molecule has 3 aromatic rings. The molecule has 6 nitrogen and oxygen atoms in total. The number of rotatable bonds is 9. The molecule has 0 aliphatic carbocycles. The zero-order chi connectivity index (χ0) is 21.5. The van der Waals surface area contributed by atoms with E-state index in [-0.39, 0.29) is 17.7 Å². The SMILES string of the molecule is CC[C@H](c1nnc(SCC(=O)Nc2ccc(Cl)cc2)n1Cc1ccccc1)N(C)C. The van der Waals surface area contributed by atoms with Gasteiger partial charge in [-0.2, -0.15) is 0 Å². The first-order valence-electron chi connectivity index (χ1n) is 9.79. The molecule has 3 rings (SSSR count). The van der Waals surface area contributed by atoms with Crippen LogP contribution in [0.4, 0.5) is 5.69 Å². The monoisotopic (exact) mass is 443 g/mol. The minimum Gasteiger partial charge on any atom is -0.325 e. The van der Waals surface area contributed by atoms with Gasteiger partial charge >= 0.3 is 0 Å². The number of amides is 1. The smallest absolute Gasteiger partial charge is 0.234 e. The van der Waals surface area contributed by atoms with Crippen LogP contribution in [-0.4, -0.2) is 45.4 Å². The summed E-state index contributed by atoms with van der Waals surface area (Å²) in [6, 6.07) is 17.4. The molecule has 0 saturated carbocycles. The van der Waals surface area contributed by atoms with E-state index in [1.165, 1.54) is 17.3 Å². The van der Waals surface area contributed by atoms with Crippen LogP contribution in [0.2, 0.25) is 5.02 Å². The van der Waals surface area contributed by atoms with Gasteiger partial charge in [-0.3, -0.25) is 9.69 Å². The number of halogens is 1. The molecular weight excluding hydrogens is 418 g/mol. The van der Waals surface area contributed by atoms with Gasteiger partial charge in [-0.05, 0) is 50.3 Å². The van der Waals surface area contributed by atoms with Crippen molar-refractivity contribution in [1.82, 2.24) is 19.7 Å². The Kier molecular flexibility index (Phi) is 7.90. The normalized spacial score (nSPS) is 12.2. The molecular formula is C22H26ClN5OS. The fraction of sp³-hybridized carbons (Fsp3) is 0.318. The number of aromatic nitrogens is 3. The van der Waals surface area contributed by atoms with Gasteiger partial charge in [-0.15, -0.1) is 10.2 Å². The number of benzene rings is 2. The summed E-state index contributed by atoms with van der Waals surface area (Å²) in [5.74, 6) is 1.05. The summed E-state index contributed by atoms with van der Waals surface area (Å²) in [6.07, 6.45) is 0.918. The third kappa shape index (κ3) is 5.84. The van der Waals surface area contributed by atoms with Gasteiger partial charge in [-0.1, -0.05) is 60.6 Å². The quantitative estimate of drug-likeness (QED) is 0.484. The minimum atomic E-state index is -0.0993. The maximum Gasteiger partial charge on any atom is 0.234 e. The zero-order valence-corrected chi connectivity index (χ0v) is 19.0. The van der Waals surface area contributed by atoms with Crippen molar-refractivity contribution >= 4 is 35.0 Å². The van der Waals surface area contributed by atoms with E-state index in [9.17, 15) is 4.79 Å². The minimum absolute atomic E-state index is 0.0993. The lowest BCUT2D eigenvalue weighted by atomic mass is 10.2. The van der Waals surface area contributed by atoms with Crippen LogP contribution < -0.4 is 5.32 Å². The highest BCUT2D eigenvalue weighted by Gasteiger charge is 2.22. The van der Waals surface area contributed by atoms with Crippen LogP contribution in [0.5, 0.6) is 0 Å². The highest BCUT2D eigenvalue weighted by atomic mass is 35.5. The van der Waals surface area contributed by atoms with Crippen LogP contribution in [0.25, 0.3) is 0 Å². The molecule has 0 saturated heterocycles. The fourth-order valence-electron chi connectivity index (χ4n) is 3.21. The average Bonchev–Trinajstić information content (AvgIpc) is 3.11. The van der Waals surface area contributed by atoms with Gasteiger partial charge in [0.05, 0.1) is 18.3 Å². The topological polar surface area (TPSA) is 63.1 Å². The number of carbonyl (C=O) groups excluding carboxylic acids is 1. The van der Waals surface area contributed by atoms with Crippen LogP contribution in [0, 0.1) is 0 Å². The first-order valence-corrected chi connectivity index (χ1v) is 11.2. The molecule has 1 N–H and O–H groups in total. The Morgan fingerprint density at radius 1 is 1.13 bits per heavy atom.